The molecule has 22 heavy (non-hydrogen) atoms. The molecular weight excluding hydrogens is 318 g/mol. The van der Waals surface area contributed by atoms with Crippen LogP contribution < -0.4 is 10.6 Å². The van der Waals surface area contributed by atoms with E-state index >= 15 is 0 Å². The summed E-state index contributed by atoms with van der Waals surface area (Å²) in [4.78, 5) is 4.56. The lowest BCUT2D eigenvalue weighted by molar-refractivity contribution is 0.601. The highest BCUT2D eigenvalue weighted by Crippen LogP contribution is 2.16. The average Bonchev–Trinajstić information content (AvgIpc) is 2.45. The van der Waals surface area contributed by atoms with Gasteiger partial charge in [-0.05, 0) is 30.4 Å². The quantitative estimate of drug-likeness (QED) is 0.609. The van der Waals surface area contributed by atoms with Crippen molar-refractivity contribution in [2.75, 3.05) is 26.1 Å². The van der Waals surface area contributed by atoms with Crippen molar-refractivity contribution in [3.05, 3.63) is 29.3 Å². The Labute approximate surface area is 137 Å². The molecule has 0 fully saturated rings. The predicted octanol–water partition coefficient (Wildman–Crippen LogP) is 1.82. The number of nitrogens with one attached hydrogen (secondary N) is 2. The van der Waals surface area contributed by atoms with Gasteiger partial charge < -0.3 is 10.6 Å². The summed E-state index contributed by atoms with van der Waals surface area (Å²) in [6, 6.07) is 5.38. The number of guanidine groups is 1. The minimum atomic E-state index is -3.17. The fourth-order valence-corrected chi connectivity index (χ4v) is 3.18. The molecule has 0 aliphatic rings. The van der Waals surface area contributed by atoms with Crippen molar-refractivity contribution in [3.63, 3.8) is 0 Å². The number of hydrogen-bond acceptors (Lipinski definition) is 4. The molecule has 0 radical (unpaired) electrons. The lowest BCUT2D eigenvalue weighted by atomic mass is 10.1. The second-order valence-electron chi connectivity index (χ2n) is 5.23. The van der Waals surface area contributed by atoms with E-state index in [1.807, 2.05) is 19.1 Å². The topological polar surface area (TPSA) is 70.6 Å². The SMILES string of the molecule is CN=C(NCc1ccc(S(C)(=O)=O)c(C)c1)NCC(C)SC. The van der Waals surface area contributed by atoms with Crippen LogP contribution in [0.3, 0.4) is 0 Å². The van der Waals surface area contributed by atoms with E-state index < -0.39 is 9.84 Å². The first kappa shape index (κ1) is 18.8. The maximum Gasteiger partial charge on any atom is 0.191 e. The van der Waals surface area contributed by atoms with Crippen molar-refractivity contribution in [1.29, 1.82) is 0 Å². The van der Waals surface area contributed by atoms with Crippen molar-refractivity contribution in [1.82, 2.24) is 10.6 Å². The fourth-order valence-electron chi connectivity index (χ4n) is 1.97. The number of rotatable bonds is 6. The zero-order chi connectivity index (χ0) is 16.8. The highest BCUT2D eigenvalue weighted by Gasteiger charge is 2.11. The summed E-state index contributed by atoms with van der Waals surface area (Å²) < 4.78 is 23.2. The Morgan fingerprint density at radius 2 is 2.05 bits per heavy atom. The van der Waals surface area contributed by atoms with Gasteiger partial charge in [0.2, 0.25) is 0 Å². The number of hydrogen-bond donors (Lipinski definition) is 2. The van der Waals surface area contributed by atoms with Crippen LogP contribution in [0.25, 0.3) is 0 Å². The van der Waals surface area contributed by atoms with E-state index in [0.717, 1.165) is 23.6 Å². The second-order valence-corrected chi connectivity index (χ2v) is 8.49. The van der Waals surface area contributed by atoms with Crippen LogP contribution in [0.4, 0.5) is 0 Å². The first-order chi connectivity index (χ1) is 10.3. The molecule has 1 unspecified atom stereocenters. The normalized spacial score (nSPS) is 13.8. The zero-order valence-corrected chi connectivity index (χ0v) is 15.4. The molecule has 0 heterocycles. The number of sulfone groups is 1. The summed E-state index contributed by atoms with van der Waals surface area (Å²) in [5.41, 5.74) is 1.78. The van der Waals surface area contributed by atoms with Gasteiger partial charge in [-0.1, -0.05) is 19.1 Å². The molecule has 0 spiro atoms. The second kappa shape index (κ2) is 8.43. The lowest BCUT2D eigenvalue weighted by Crippen LogP contribution is -2.39. The van der Waals surface area contributed by atoms with E-state index in [2.05, 4.69) is 28.8 Å². The summed E-state index contributed by atoms with van der Waals surface area (Å²) in [5.74, 6) is 0.741. The number of aryl methyl sites for hydroxylation is 1. The highest BCUT2D eigenvalue weighted by molar-refractivity contribution is 7.99. The maximum atomic E-state index is 11.6. The Morgan fingerprint density at radius 1 is 1.36 bits per heavy atom. The summed E-state index contributed by atoms with van der Waals surface area (Å²) in [5, 5.41) is 7.00. The van der Waals surface area contributed by atoms with E-state index in [4.69, 9.17) is 0 Å². The molecule has 124 valence electrons. The van der Waals surface area contributed by atoms with Crippen molar-refractivity contribution < 1.29 is 8.42 Å². The highest BCUT2D eigenvalue weighted by atomic mass is 32.2. The first-order valence-corrected chi connectivity index (χ1v) is 10.2. The van der Waals surface area contributed by atoms with Gasteiger partial charge in [-0.3, -0.25) is 4.99 Å². The summed E-state index contributed by atoms with van der Waals surface area (Å²) in [6.45, 7) is 5.40. The van der Waals surface area contributed by atoms with Crippen molar-refractivity contribution >= 4 is 27.6 Å². The van der Waals surface area contributed by atoms with Crippen LogP contribution in [0.5, 0.6) is 0 Å². The summed E-state index contributed by atoms with van der Waals surface area (Å²) in [6.07, 6.45) is 3.31. The Balaban J connectivity index is 2.66. The Morgan fingerprint density at radius 3 is 2.55 bits per heavy atom. The maximum absolute atomic E-state index is 11.6. The minimum Gasteiger partial charge on any atom is -0.355 e. The van der Waals surface area contributed by atoms with E-state index in [-0.39, 0.29) is 0 Å². The van der Waals surface area contributed by atoms with Gasteiger partial charge in [0.1, 0.15) is 0 Å². The number of aliphatic imine (C=N–C) groups is 1. The Hall–Kier alpha value is -1.21. The van der Waals surface area contributed by atoms with Gasteiger partial charge >= 0.3 is 0 Å². The smallest absolute Gasteiger partial charge is 0.191 e. The van der Waals surface area contributed by atoms with Crippen LogP contribution in [0, 0.1) is 6.92 Å². The summed E-state index contributed by atoms with van der Waals surface area (Å²) in [7, 11) is -1.43. The standard InChI is InChI=1S/C15H25N3O2S2/c1-11-8-13(6-7-14(11)22(5,19)20)10-18-15(16-3)17-9-12(2)21-4/h6-8,12H,9-10H2,1-5H3,(H2,16,17,18). The zero-order valence-electron chi connectivity index (χ0n) is 13.8. The molecule has 5 nitrogen and oxygen atoms in total. The molecule has 1 rings (SSSR count). The third-order valence-corrected chi connectivity index (χ3v) is 5.51. The molecule has 1 atom stereocenters. The summed E-state index contributed by atoms with van der Waals surface area (Å²) >= 11 is 1.80. The molecule has 2 N–H and O–H groups in total. The number of thioether (sulfide) groups is 1. The van der Waals surface area contributed by atoms with E-state index in [1.165, 1.54) is 6.26 Å². The molecule has 0 aliphatic heterocycles. The van der Waals surface area contributed by atoms with Crippen LogP contribution in [0.15, 0.2) is 28.1 Å². The molecule has 0 saturated carbocycles. The van der Waals surface area contributed by atoms with Crippen molar-refractivity contribution in [3.8, 4) is 0 Å². The fraction of sp³-hybridized carbons (Fsp3) is 0.533. The van der Waals surface area contributed by atoms with Crippen molar-refractivity contribution in [2.24, 2.45) is 4.99 Å². The molecule has 0 amide bonds. The average molecular weight is 344 g/mol. The third-order valence-electron chi connectivity index (χ3n) is 3.28. The van der Waals surface area contributed by atoms with E-state index in [1.54, 1.807) is 24.9 Å². The molecule has 0 aromatic heterocycles. The van der Waals surface area contributed by atoms with Gasteiger partial charge in [0, 0.05) is 31.6 Å². The minimum absolute atomic E-state index is 0.382. The van der Waals surface area contributed by atoms with Crippen molar-refractivity contribution in [2.45, 2.75) is 30.5 Å². The first-order valence-electron chi connectivity index (χ1n) is 7.04. The van der Waals surface area contributed by atoms with Crippen LogP contribution in [-0.4, -0.2) is 45.7 Å². The Kier molecular flexibility index (Phi) is 7.22. The number of nitrogens with zero attached hydrogens (tertiary/aromatic N) is 1. The van der Waals surface area contributed by atoms with Gasteiger partial charge in [0.05, 0.1) is 4.90 Å². The van der Waals surface area contributed by atoms with Gasteiger partial charge in [0.25, 0.3) is 0 Å². The predicted molar refractivity (Wildman–Crippen MR) is 95.5 cm³/mol. The van der Waals surface area contributed by atoms with Gasteiger partial charge in [-0.25, -0.2) is 8.42 Å². The molecule has 0 bridgehead atoms. The molecule has 7 heteroatoms. The lowest BCUT2D eigenvalue weighted by Gasteiger charge is -2.15. The van der Waals surface area contributed by atoms with Gasteiger partial charge in [-0.15, -0.1) is 0 Å². The van der Waals surface area contributed by atoms with Gasteiger partial charge in [-0.2, -0.15) is 11.8 Å². The number of benzene rings is 1. The van der Waals surface area contributed by atoms with E-state index in [0.29, 0.717) is 16.7 Å². The molecule has 0 aliphatic carbocycles. The molecule has 1 aromatic rings. The molecule has 1 aromatic carbocycles. The third kappa shape index (κ3) is 5.88. The van der Waals surface area contributed by atoms with Crippen LogP contribution >= 0.6 is 11.8 Å². The van der Waals surface area contributed by atoms with Crippen LogP contribution in [-0.2, 0) is 16.4 Å². The van der Waals surface area contributed by atoms with Crippen LogP contribution in [0.1, 0.15) is 18.1 Å². The van der Waals surface area contributed by atoms with Crippen LogP contribution in [0.2, 0.25) is 0 Å². The molecule has 0 saturated heterocycles. The Bertz CT molecular complexity index is 628. The van der Waals surface area contributed by atoms with E-state index in [9.17, 15) is 8.42 Å². The monoisotopic (exact) mass is 343 g/mol. The molecular formula is C15H25N3O2S2. The van der Waals surface area contributed by atoms with Gasteiger partial charge in [0.15, 0.2) is 15.8 Å². The largest absolute Gasteiger partial charge is 0.355 e.